The Labute approximate surface area is 157 Å². The number of methoxy groups -OCH3 is 2. The normalized spacial score (nSPS) is 11.1. The van der Waals surface area contributed by atoms with Gasteiger partial charge in [-0.15, -0.1) is 0 Å². The van der Waals surface area contributed by atoms with Gasteiger partial charge in [-0.25, -0.2) is 5.43 Å². The Bertz CT molecular complexity index is 961. The number of H-pyrrole nitrogens is 1. The molecular formula is C20H20N4O3. The number of carbonyl (C=O) groups is 1. The molecule has 0 aliphatic rings. The third kappa shape index (κ3) is 4.14. The van der Waals surface area contributed by atoms with Crippen molar-refractivity contribution in [3.8, 4) is 22.8 Å². The van der Waals surface area contributed by atoms with Crippen LogP contribution in [-0.2, 0) is 0 Å². The molecule has 0 saturated heterocycles. The molecule has 0 unspecified atom stereocenters. The highest BCUT2D eigenvalue weighted by Gasteiger charge is 2.13. The first-order chi connectivity index (χ1) is 13.1. The zero-order valence-electron chi connectivity index (χ0n) is 15.3. The van der Waals surface area contributed by atoms with Gasteiger partial charge < -0.3 is 9.47 Å². The Kier molecular flexibility index (Phi) is 5.51. The second kappa shape index (κ2) is 8.18. The van der Waals surface area contributed by atoms with Crippen LogP contribution in [0.1, 0.15) is 23.0 Å². The van der Waals surface area contributed by atoms with Gasteiger partial charge in [0.25, 0.3) is 5.91 Å². The van der Waals surface area contributed by atoms with Gasteiger partial charge in [-0.1, -0.05) is 12.1 Å². The van der Waals surface area contributed by atoms with Crippen LogP contribution in [0.25, 0.3) is 11.3 Å². The third-order valence-electron chi connectivity index (χ3n) is 4.04. The Morgan fingerprint density at radius 3 is 2.52 bits per heavy atom. The second-order valence-electron chi connectivity index (χ2n) is 5.73. The number of hydrogen-bond acceptors (Lipinski definition) is 5. The summed E-state index contributed by atoms with van der Waals surface area (Å²) in [5.74, 6) is 1.07. The van der Waals surface area contributed by atoms with Gasteiger partial charge >= 0.3 is 0 Å². The van der Waals surface area contributed by atoms with Gasteiger partial charge in [-0.3, -0.25) is 9.89 Å². The number of carbonyl (C=O) groups excluding carboxylic acids is 1. The first-order valence-corrected chi connectivity index (χ1v) is 8.30. The van der Waals surface area contributed by atoms with Gasteiger partial charge in [0.1, 0.15) is 17.2 Å². The average molecular weight is 364 g/mol. The largest absolute Gasteiger partial charge is 0.497 e. The summed E-state index contributed by atoms with van der Waals surface area (Å²) in [7, 11) is 3.20. The number of rotatable bonds is 6. The van der Waals surface area contributed by atoms with Crippen molar-refractivity contribution < 1.29 is 14.3 Å². The molecule has 0 radical (unpaired) electrons. The number of aromatic nitrogens is 2. The maximum absolute atomic E-state index is 12.3. The van der Waals surface area contributed by atoms with Crippen LogP contribution in [0.4, 0.5) is 0 Å². The molecule has 2 N–H and O–H groups in total. The minimum absolute atomic E-state index is 0.308. The third-order valence-corrected chi connectivity index (χ3v) is 4.04. The predicted molar refractivity (Wildman–Crippen MR) is 103 cm³/mol. The molecule has 1 heterocycles. The second-order valence-corrected chi connectivity index (χ2v) is 5.73. The van der Waals surface area contributed by atoms with Crippen LogP contribution in [-0.4, -0.2) is 36.0 Å². The Hall–Kier alpha value is -3.61. The van der Waals surface area contributed by atoms with E-state index < -0.39 is 0 Å². The fourth-order valence-electron chi connectivity index (χ4n) is 2.52. The smallest absolute Gasteiger partial charge is 0.289 e. The van der Waals surface area contributed by atoms with Gasteiger partial charge in [-0.2, -0.15) is 10.2 Å². The fourth-order valence-corrected chi connectivity index (χ4v) is 2.52. The number of hydrazone groups is 1. The number of amides is 1. The van der Waals surface area contributed by atoms with Crippen molar-refractivity contribution in [1.29, 1.82) is 0 Å². The SMILES string of the molecule is COc1ccc(C(C)=NNC(=O)c2cc(-c3ccccc3OC)n[nH]2)cc1. The van der Waals surface area contributed by atoms with Crippen LogP contribution in [0, 0.1) is 0 Å². The van der Waals surface area contributed by atoms with Crippen molar-refractivity contribution in [2.75, 3.05) is 14.2 Å². The highest BCUT2D eigenvalue weighted by molar-refractivity contribution is 6.00. The minimum Gasteiger partial charge on any atom is -0.497 e. The Morgan fingerprint density at radius 2 is 1.81 bits per heavy atom. The lowest BCUT2D eigenvalue weighted by Crippen LogP contribution is -2.19. The maximum Gasteiger partial charge on any atom is 0.289 e. The molecule has 3 rings (SSSR count). The first-order valence-electron chi connectivity index (χ1n) is 8.30. The van der Waals surface area contributed by atoms with Crippen molar-refractivity contribution in [2.24, 2.45) is 5.10 Å². The van der Waals surface area contributed by atoms with E-state index in [-0.39, 0.29) is 5.91 Å². The van der Waals surface area contributed by atoms with Crippen molar-refractivity contribution >= 4 is 11.6 Å². The molecule has 0 aliphatic carbocycles. The number of ether oxygens (including phenoxy) is 2. The highest BCUT2D eigenvalue weighted by atomic mass is 16.5. The van der Waals surface area contributed by atoms with Crippen LogP contribution in [0.15, 0.2) is 59.7 Å². The molecule has 7 heteroatoms. The summed E-state index contributed by atoms with van der Waals surface area (Å²) >= 11 is 0. The molecule has 7 nitrogen and oxygen atoms in total. The first kappa shape index (κ1) is 18.2. The number of benzene rings is 2. The predicted octanol–water partition coefficient (Wildman–Crippen LogP) is 3.25. The number of nitrogens with one attached hydrogen (secondary N) is 2. The minimum atomic E-state index is -0.378. The lowest BCUT2D eigenvalue weighted by atomic mass is 10.1. The summed E-state index contributed by atoms with van der Waals surface area (Å²) < 4.78 is 10.5. The van der Waals surface area contributed by atoms with Gasteiger partial charge in [0.05, 0.1) is 25.6 Å². The highest BCUT2D eigenvalue weighted by Crippen LogP contribution is 2.28. The molecule has 138 valence electrons. The lowest BCUT2D eigenvalue weighted by molar-refractivity contribution is 0.0950. The standard InChI is InChI=1S/C20H20N4O3/c1-13(14-8-10-15(26-2)11-9-14)21-24-20(25)18-12-17(22-23-18)16-6-4-5-7-19(16)27-3/h4-12H,1-3H3,(H,22,23)(H,24,25). The zero-order chi connectivity index (χ0) is 19.2. The number of nitrogens with zero attached hydrogens (tertiary/aromatic N) is 2. The summed E-state index contributed by atoms with van der Waals surface area (Å²) in [5, 5.41) is 11.1. The van der Waals surface area contributed by atoms with Crippen LogP contribution in [0.3, 0.4) is 0 Å². The lowest BCUT2D eigenvalue weighted by Gasteiger charge is -2.04. The van der Waals surface area contributed by atoms with Gasteiger partial charge in [0.15, 0.2) is 0 Å². The molecule has 0 saturated carbocycles. The Morgan fingerprint density at radius 1 is 1.07 bits per heavy atom. The number of para-hydroxylation sites is 1. The maximum atomic E-state index is 12.3. The Balaban J connectivity index is 1.72. The number of aromatic amines is 1. The van der Waals surface area contributed by atoms with Crippen LogP contribution in [0.2, 0.25) is 0 Å². The summed E-state index contributed by atoms with van der Waals surface area (Å²) in [6.45, 7) is 1.81. The van der Waals surface area contributed by atoms with E-state index >= 15 is 0 Å². The van der Waals surface area contributed by atoms with Crippen molar-refractivity contribution in [1.82, 2.24) is 15.6 Å². The summed E-state index contributed by atoms with van der Waals surface area (Å²) in [6, 6.07) is 16.6. The van der Waals surface area contributed by atoms with E-state index in [2.05, 4.69) is 20.7 Å². The molecule has 3 aromatic rings. The van der Waals surface area contributed by atoms with Gasteiger partial charge in [0, 0.05) is 5.56 Å². The van der Waals surface area contributed by atoms with E-state index in [4.69, 9.17) is 9.47 Å². The van der Waals surface area contributed by atoms with Crippen LogP contribution in [0.5, 0.6) is 11.5 Å². The molecule has 1 amide bonds. The van der Waals surface area contributed by atoms with Crippen LogP contribution >= 0.6 is 0 Å². The van der Waals surface area contributed by atoms with E-state index in [0.717, 1.165) is 16.9 Å². The van der Waals surface area contributed by atoms with Crippen LogP contribution < -0.4 is 14.9 Å². The van der Waals surface area contributed by atoms with E-state index in [1.165, 1.54) is 0 Å². The molecular weight excluding hydrogens is 344 g/mol. The number of hydrogen-bond donors (Lipinski definition) is 2. The zero-order valence-corrected chi connectivity index (χ0v) is 15.3. The summed E-state index contributed by atoms with van der Waals surface area (Å²) in [4.78, 5) is 12.3. The van der Waals surface area contributed by atoms with E-state index in [1.807, 2.05) is 55.5 Å². The van der Waals surface area contributed by atoms with Crippen molar-refractivity contribution in [3.63, 3.8) is 0 Å². The molecule has 2 aromatic carbocycles. The van der Waals surface area contributed by atoms with E-state index in [1.54, 1.807) is 20.3 Å². The molecule has 0 spiro atoms. The molecule has 0 aliphatic heterocycles. The van der Waals surface area contributed by atoms with Crippen molar-refractivity contribution in [3.05, 3.63) is 65.9 Å². The topological polar surface area (TPSA) is 88.6 Å². The average Bonchev–Trinajstić information content (AvgIpc) is 3.22. The molecule has 27 heavy (non-hydrogen) atoms. The van der Waals surface area contributed by atoms with Crippen molar-refractivity contribution in [2.45, 2.75) is 6.92 Å². The monoisotopic (exact) mass is 364 g/mol. The quantitative estimate of drug-likeness (QED) is 0.519. The van der Waals surface area contributed by atoms with Gasteiger partial charge in [0.2, 0.25) is 0 Å². The molecule has 0 bridgehead atoms. The molecule has 0 atom stereocenters. The summed E-state index contributed by atoms with van der Waals surface area (Å²) in [5.41, 5.74) is 5.82. The molecule has 0 fully saturated rings. The summed E-state index contributed by atoms with van der Waals surface area (Å²) in [6.07, 6.45) is 0. The van der Waals surface area contributed by atoms with E-state index in [0.29, 0.717) is 22.8 Å². The fraction of sp³-hybridized carbons (Fsp3) is 0.150. The van der Waals surface area contributed by atoms with Gasteiger partial charge in [-0.05, 0) is 55.0 Å². The van der Waals surface area contributed by atoms with E-state index in [9.17, 15) is 4.79 Å². The molecule has 1 aromatic heterocycles.